The maximum Gasteiger partial charge on any atom is 0.251 e. The van der Waals surface area contributed by atoms with Gasteiger partial charge in [-0.15, -0.1) is 11.3 Å². The van der Waals surface area contributed by atoms with Gasteiger partial charge in [-0.1, -0.05) is 29.3 Å². The highest BCUT2D eigenvalue weighted by molar-refractivity contribution is 7.09. The summed E-state index contributed by atoms with van der Waals surface area (Å²) in [6, 6.07) is 8.73. The predicted molar refractivity (Wildman–Crippen MR) is 101 cm³/mol. The van der Waals surface area contributed by atoms with Gasteiger partial charge in [-0.2, -0.15) is 0 Å². The van der Waals surface area contributed by atoms with Crippen LogP contribution in [0, 0.1) is 0 Å². The van der Waals surface area contributed by atoms with Crippen molar-refractivity contribution in [2.45, 2.75) is 25.1 Å². The lowest BCUT2D eigenvalue weighted by atomic mass is 9.93. The van der Waals surface area contributed by atoms with Gasteiger partial charge < -0.3 is 5.32 Å². The molecule has 0 radical (unpaired) electrons. The normalized spacial score (nSPS) is 17.4. The molecule has 0 saturated carbocycles. The number of piperidine rings is 1. The molecule has 0 spiro atoms. The molecule has 2 heterocycles. The van der Waals surface area contributed by atoms with E-state index in [1.807, 2.05) is 6.07 Å². The maximum absolute atomic E-state index is 15.0. The lowest BCUT2D eigenvalue weighted by molar-refractivity contribution is 0.0521. The molecular weight excluding hydrogens is 382 g/mol. The van der Waals surface area contributed by atoms with Gasteiger partial charge in [-0.05, 0) is 42.5 Å². The molecule has 1 amide bonds. The zero-order valence-corrected chi connectivity index (χ0v) is 15.9. The van der Waals surface area contributed by atoms with Crippen LogP contribution in [0.3, 0.4) is 0 Å². The van der Waals surface area contributed by atoms with Crippen LogP contribution in [0.25, 0.3) is 0 Å². The number of benzene rings is 1. The maximum atomic E-state index is 15.0. The Balaban J connectivity index is 1.50. The number of rotatable bonds is 5. The van der Waals surface area contributed by atoms with Crippen molar-refractivity contribution in [2.75, 3.05) is 19.6 Å². The van der Waals surface area contributed by atoms with Gasteiger partial charge in [0.15, 0.2) is 0 Å². The zero-order chi connectivity index (χ0) is 17.9. The molecular formula is C18H19Cl2FN2OS. The molecule has 1 N–H and O–H groups in total. The summed E-state index contributed by atoms with van der Waals surface area (Å²) in [5.74, 6) is -0.359. The van der Waals surface area contributed by atoms with Crippen molar-refractivity contribution in [1.29, 1.82) is 0 Å². The van der Waals surface area contributed by atoms with Gasteiger partial charge in [0.1, 0.15) is 5.67 Å². The minimum Gasteiger partial charge on any atom is -0.349 e. The van der Waals surface area contributed by atoms with Crippen LogP contribution in [-0.4, -0.2) is 36.1 Å². The minimum atomic E-state index is -1.37. The van der Waals surface area contributed by atoms with Crippen molar-refractivity contribution in [2.24, 2.45) is 0 Å². The Hall–Kier alpha value is -1.14. The molecule has 3 nitrogen and oxygen atoms in total. The molecule has 2 aromatic rings. The number of hydrogen-bond acceptors (Lipinski definition) is 3. The van der Waals surface area contributed by atoms with E-state index in [1.54, 1.807) is 17.4 Å². The fraction of sp³-hybridized carbons (Fsp3) is 0.389. The van der Waals surface area contributed by atoms with E-state index in [0.717, 1.165) is 6.54 Å². The number of alkyl halides is 1. The first-order valence-corrected chi connectivity index (χ1v) is 9.75. The molecule has 1 aliphatic rings. The Labute approximate surface area is 160 Å². The number of hydrogen-bond donors (Lipinski definition) is 1. The molecule has 1 aromatic carbocycles. The molecule has 1 aromatic heterocycles. The van der Waals surface area contributed by atoms with Crippen LogP contribution < -0.4 is 5.32 Å². The van der Waals surface area contributed by atoms with Gasteiger partial charge in [0.25, 0.3) is 5.91 Å². The molecule has 0 aliphatic carbocycles. The number of halogens is 3. The van der Waals surface area contributed by atoms with Crippen molar-refractivity contribution in [3.63, 3.8) is 0 Å². The molecule has 1 fully saturated rings. The summed E-state index contributed by atoms with van der Waals surface area (Å²) in [5.41, 5.74) is -1.03. The van der Waals surface area contributed by atoms with Gasteiger partial charge in [-0.25, -0.2) is 4.39 Å². The molecule has 7 heteroatoms. The quantitative estimate of drug-likeness (QED) is 0.782. The van der Waals surface area contributed by atoms with Crippen LogP contribution in [0.1, 0.15) is 28.1 Å². The standard InChI is InChI=1S/C18H19Cl2FN2OS/c19-14-8-13(9-15(20)10-14)17(24)22-12-18(21)3-5-23(6-4-18)11-16-2-1-7-25-16/h1-2,7-10H,3-6,11-12H2,(H,22,24). The number of carbonyl (C=O) groups excluding carboxylic acids is 1. The molecule has 25 heavy (non-hydrogen) atoms. The van der Waals surface area contributed by atoms with Gasteiger partial charge in [0, 0.05) is 40.1 Å². The SMILES string of the molecule is O=C(NCC1(F)CCN(Cc2cccs2)CC1)c1cc(Cl)cc(Cl)c1. The predicted octanol–water partition coefficient (Wildman–Crippen LogP) is 4.79. The first kappa shape index (κ1) is 18.6. The fourth-order valence-electron chi connectivity index (χ4n) is 2.94. The molecule has 1 aliphatic heterocycles. The highest BCUT2D eigenvalue weighted by atomic mass is 35.5. The first-order chi connectivity index (χ1) is 11.9. The largest absolute Gasteiger partial charge is 0.349 e. The summed E-state index contributed by atoms with van der Waals surface area (Å²) >= 11 is 13.5. The lowest BCUT2D eigenvalue weighted by Crippen LogP contribution is -2.47. The van der Waals surface area contributed by atoms with Crippen LogP contribution in [0.4, 0.5) is 4.39 Å². The van der Waals surface area contributed by atoms with Crippen LogP contribution in [0.2, 0.25) is 10.0 Å². The second kappa shape index (κ2) is 8.04. The van der Waals surface area contributed by atoms with Crippen LogP contribution in [0.5, 0.6) is 0 Å². The third kappa shape index (κ3) is 5.17. The third-order valence-corrected chi connectivity index (χ3v) is 5.70. The summed E-state index contributed by atoms with van der Waals surface area (Å²) in [6.45, 7) is 2.24. The second-order valence-corrected chi connectivity index (χ2v) is 8.25. The van der Waals surface area contributed by atoms with Gasteiger partial charge in [0.2, 0.25) is 0 Å². The van der Waals surface area contributed by atoms with E-state index >= 15 is 0 Å². The number of thiophene rings is 1. The van der Waals surface area contributed by atoms with Crippen molar-refractivity contribution in [1.82, 2.24) is 10.2 Å². The molecule has 0 bridgehead atoms. The van der Waals surface area contributed by atoms with E-state index in [1.165, 1.54) is 17.0 Å². The number of amides is 1. The molecule has 0 atom stereocenters. The Bertz CT molecular complexity index is 710. The number of likely N-dealkylation sites (tertiary alicyclic amines) is 1. The average Bonchev–Trinajstić information content (AvgIpc) is 3.07. The summed E-state index contributed by atoms with van der Waals surface area (Å²) in [4.78, 5) is 15.7. The number of carbonyl (C=O) groups is 1. The van der Waals surface area contributed by atoms with Gasteiger partial charge in [-0.3, -0.25) is 9.69 Å². The van der Waals surface area contributed by atoms with E-state index in [2.05, 4.69) is 21.7 Å². The summed E-state index contributed by atoms with van der Waals surface area (Å²) < 4.78 is 15.0. The minimum absolute atomic E-state index is 0.00279. The highest BCUT2D eigenvalue weighted by Gasteiger charge is 2.35. The Kier molecular flexibility index (Phi) is 6.00. The molecule has 3 rings (SSSR count). The smallest absolute Gasteiger partial charge is 0.251 e. The van der Waals surface area contributed by atoms with Gasteiger partial charge >= 0.3 is 0 Å². The van der Waals surface area contributed by atoms with Gasteiger partial charge in [0.05, 0.1) is 6.54 Å². The number of nitrogens with zero attached hydrogens (tertiary/aromatic N) is 1. The first-order valence-electron chi connectivity index (χ1n) is 8.11. The highest BCUT2D eigenvalue weighted by Crippen LogP contribution is 2.27. The monoisotopic (exact) mass is 400 g/mol. The van der Waals surface area contributed by atoms with E-state index in [0.29, 0.717) is 41.5 Å². The fourth-order valence-corrected chi connectivity index (χ4v) is 4.21. The van der Waals surface area contributed by atoms with Crippen LogP contribution in [-0.2, 0) is 6.54 Å². The Morgan fingerprint density at radius 3 is 2.52 bits per heavy atom. The van der Waals surface area contributed by atoms with Crippen molar-refractivity contribution >= 4 is 40.4 Å². The second-order valence-electron chi connectivity index (χ2n) is 6.35. The van der Waals surface area contributed by atoms with E-state index in [4.69, 9.17) is 23.2 Å². The molecule has 0 unspecified atom stereocenters. The van der Waals surface area contributed by atoms with Crippen molar-refractivity contribution < 1.29 is 9.18 Å². The summed E-state index contributed by atoms with van der Waals surface area (Å²) in [5, 5.41) is 5.50. The van der Waals surface area contributed by atoms with Crippen molar-refractivity contribution in [3.05, 3.63) is 56.2 Å². The number of nitrogens with one attached hydrogen (secondary N) is 1. The lowest BCUT2D eigenvalue weighted by Gasteiger charge is -2.36. The van der Waals surface area contributed by atoms with Crippen molar-refractivity contribution in [3.8, 4) is 0 Å². The van der Waals surface area contributed by atoms with E-state index < -0.39 is 5.67 Å². The zero-order valence-electron chi connectivity index (χ0n) is 13.6. The summed E-state index contributed by atoms with van der Waals surface area (Å²) in [7, 11) is 0. The third-order valence-electron chi connectivity index (χ3n) is 4.40. The Morgan fingerprint density at radius 2 is 1.92 bits per heavy atom. The molecule has 134 valence electrons. The summed E-state index contributed by atoms with van der Waals surface area (Å²) in [6.07, 6.45) is 0.823. The van der Waals surface area contributed by atoms with Crippen LogP contribution >= 0.6 is 34.5 Å². The van der Waals surface area contributed by atoms with E-state index in [-0.39, 0.29) is 12.5 Å². The Morgan fingerprint density at radius 1 is 1.24 bits per heavy atom. The molecule has 1 saturated heterocycles. The van der Waals surface area contributed by atoms with Crippen LogP contribution in [0.15, 0.2) is 35.7 Å². The average molecular weight is 401 g/mol. The topological polar surface area (TPSA) is 32.3 Å². The van der Waals surface area contributed by atoms with E-state index in [9.17, 15) is 9.18 Å².